The van der Waals surface area contributed by atoms with Crippen LogP contribution in [0.5, 0.6) is 0 Å². The molecule has 0 saturated heterocycles. The average molecular weight is 256 g/mol. The van der Waals surface area contributed by atoms with Crippen molar-refractivity contribution in [2.24, 2.45) is 5.73 Å². The highest BCUT2D eigenvalue weighted by Crippen LogP contribution is 2.30. The van der Waals surface area contributed by atoms with E-state index in [0.29, 0.717) is 0 Å². The molecule has 1 unspecified atom stereocenters. The maximum Gasteiger partial charge on any atom is 0.269 e. The molecule has 0 aliphatic heterocycles. The van der Waals surface area contributed by atoms with E-state index in [4.69, 9.17) is 5.73 Å². The molecule has 0 amide bonds. The number of aryl methyl sites for hydroxylation is 1. The van der Waals surface area contributed by atoms with Crippen LogP contribution in [-0.2, 0) is 5.54 Å². The lowest BCUT2D eigenvalue weighted by Gasteiger charge is -2.27. The molecule has 98 valence electrons. The first kappa shape index (κ1) is 13.2. The maximum absolute atomic E-state index is 10.8. The van der Waals surface area contributed by atoms with Gasteiger partial charge in [0.05, 0.1) is 10.5 Å². The lowest BCUT2D eigenvalue weighted by atomic mass is 9.83. The van der Waals surface area contributed by atoms with Gasteiger partial charge < -0.3 is 5.73 Å². The highest BCUT2D eigenvalue weighted by molar-refractivity contribution is 5.46. The second-order valence-corrected chi connectivity index (χ2v) is 4.82. The fourth-order valence-corrected chi connectivity index (χ4v) is 2.28. The van der Waals surface area contributed by atoms with Gasteiger partial charge in [-0.3, -0.25) is 10.1 Å². The zero-order valence-electron chi connectivity index (χ0n) is 11.0. The Hall–Kier alpha value is -2.20. The van der Waals surface area contributed by atoms with Crippen molar-refractivity contribution in [3.05, 3.63) is 75.3 Å². The van der Waals surface area contributed by atoms with Crippen molar-refractivity contribution in [3.8, 4) is 0 Å². The molecule has 1 atom stereocenters. The third kappa shape index (κ3) is 2.48. The minimum Gasteiger partial charge on any atom is -0.318 e. The van der Waals surface area contributed by atoms with Crippen LogP contribution in [0.4, 0.5) is 5.69 Å². The summed E-state index contributed by atoms with van der Waals surface area (Å²) in [6.45, 7) is 3.76. The summed E-state index contributed by atoms with van der Waals surface area (Å²) in [5, 5.41) is 10.8. The van der Waals surface area contributed by atoms with Crippen LogP contribution in [0, 0.1) is 17.0 Å². The Morgan fingerprint density at radius 2 is 1.79 bits per heavy atom. The quantitative estimate of drug-likeness (QED) is 0.677. The smallest absolute Gasteiger partial charge is 0.269 e. The fourth-order valence-electron chi connectivity index (χ4n) is 2.28. The molecule has 0 aromatic heterocycles. The number of hydrogen-bond acceptors (Lipinski definition) is 3. The van der Waals surface area contributed by atoms with Gasteiger partial charge in [0, 0.05) is 12.1 Å². The van der Waals surface area contributed by atoms with Crippen LogP contribution in [0.15, 0.2) is 48.5 Å². The maximum atomic E-state index is 10.8. The first-order valence-corrected chi connectivity index (χ1v) is 6.03. The predicted octanol–water partition coefficient (Wildman–Crippen LogP) is 3.13. The number of rotatable bonds is 3. The van der Waals surface area contributed by atoms with Crippen LogP contribution in [0.2, 0.25) is 0 Å². The van der Waals surface area contributed by atoms with E-state index in [9.17, 15) is 10.1 Å². The third-order valence-electron chi connectivity index (χ3n) is 3.35. The monoisotopic (exact) mass is 256 g/mol. The van der Waals surface area contributed by atoms with Gasteiger partial charge in [-0.1, -0.05) is 30.3 Å². The SMILES string of the molecule is Cc1cc([N+](=O)[O-])ccc1C(C)(N)c1ccccc1. The summed E-state index contributed by atoms with van der Waals surface area (Å²) >= 11 is 0. The molecule has 0 aliphatic rings. The summed E-state index contributed by atoms with van der Waals surface area (Å²) in [5.74, 6) is 0. The normalized spacial score (nSPS) is 13.8. The third-order valence-corrected chi connectivity index (χ3v) is 3.35. The van der Waals surface area contributed by atoms with Crippen molar-refractivity contribution >= 4 is 5.69 Å². The van der Waals surface area contributed by atoms with E-state index in [0.717, 1.165) is 16.7 Å². The summed E-state index contributed by atoms with van der Waals surface area (Å²) in [7, 11) is 0. The van der Waals surface area contributed by atoms with Crippen LogP contribution < -0.4 is 5.73 Å². The van der Waals surface area contributed by atoms with Crippen molar-refractivity contribution in [2.75, 3.05) is 0 Å². The second-order valence-electron chi connectivity index (χ2n) is 4.82. The van der Waals surface area contributed by atoms with Gasteiger partial charge in [0.15, 0.2) is 0 Å². The predicted molar refractivity (Wildman–Crippen MR) is 74.9 cm³/mol. The van der Waals surface area contributed by atoms with E-state index < -0.39 is 10.5 Å². The molecule has 2 N–H and O–H groups in total. The molecule has 0 bridgehead atoms. The molecular weight excluding hydrogens is 240 g/mol. The van der Waals surface area contributed by atoms with Gasteiger partial charge in [-0.15, -0.1) is 0 Å². The van der Waals surface area contributed by atoms with Gasteiger partial charge in [-0.2, -0.15) is 0 Å². The molecule has 19 heavy (non-hydrogen) atoms. The molecule has 0 radical (unpaired) electrons. The topological polar surface area (TPSA) is 69.2 Å². The Bertz CT molecular complexity index is 607. The summed E-state index contributed by atoms with van der Waals surface area (Å²) in [4.78, 5) is 10.4. The summed E-state index contributed by atoms with van der Waals surface area (Å²) < 4.78 is 0. The van der Waals surface area contributed by atoms with Crippen molar-refractivity contribution in [2.45, 2.75) is 19.4 Å². The number of nitrogens with zero attached hydrogens (tertiary/aromatic N) is 1. The van der Waals surface area contributed by atoms with E-state index in [2.05, 4.69) is 0 Å². The van der Waals surface area contributed by atoms with Crippen molar-refractivity contribution in [3.63, 3.8) is 0 Å². The lowest BCUT2D eigenvalue weighted by molar-refractivity contribution is -0.384. The Morgan fingerprint density at radius 3 is 2.32 bits per heavy atom. The first-order valence-electron chi connectivity index (χ1n) is 6.03. The van der Waals surface area contributed by atoms with Crippen molar-refractivity contribution in [1.29, 1.82) is 0 Å². The van der Waals surface area contributed by atoms with Gasteiger partial charge in [-0.05, 0) is 36.6 Å². The second kappa shape index (κ2) is 4.82. The Balaban J connectivity index is 2.50. The Morgan fingerprint density at radius 1 is 1.16 bits per heavy atom. The molecular formula is C15H16N2O2. The van der Waals surface area contributed by atoms with E-state index in [1.54, 1.807) is 12.1 Å². The minimum absolute atomic E-state index is 0.0881. The molecule has 2 aromatic carbocycles. The van der Waals surface area contributed by atoms with Gasteiger partial charge in [-0.25, -0.2) is 0 Å². The zero-order valence-corrected chi connectivity index (χ0v) is 11.0. The van der Waals surface area contributed by atoms with Crippen LogP contribution >= 0.6 is 0 Å². The van der Waals surface area contributed by atoms with Crippen molar-refractivity contribution < 1.29 is 4.92 Å². The Kier molecular flexibility index (Phi) is 3.36. The number of benzene rings is 2. The standard InChI is InChI=1S/C15H16N2O2/c1-11-10-13(17(18)19)8-9-14(11)15(2,16)12-6-4-3-5-7-12/h3-10H,16H2,1-2H3. The molecule has 0 aliphatic carbocycles. The largest absolute Gasteiger partial charge is 0.318 e. The highest BCUT2D eigenvalue weighted by Gasteiger charge is 2.26. The van der Waals surface area contributed by atoms with E-state index >= 15 is 0 Å². The molecule has 0 saturated carbocycles. The molecule has 0 fully saturated rings. The van der Waals surface area contributed by atoms with Crippen LogP contribution in [0.3, 0.4) is 0 Å². The summed E-state index contributed by atoms with van der Waals surface area (Å²) in [5.41, 5.74) is 8.53. The molecule has 2 rings (SSSR count). The van der Waals surface area contributed by atoms with Gasteiger partial charge in [0.1, 0.15) is 0 Å². The van der Waals surface area contributed by atoms with Crippen LogP contribution in [0.25, 0.3) is 0 Å². The number of nitro groups is 1. The van der Waals surface area contributed by atoms with Crippen molar-refractivity contribution in [1.82, 2.24) is 0 Å². The fraction of sp³-hybridized carbons (Fsp3) is 0.200. The number of nitro benzene ring substituents is 1. The summed E-state index contributed by atoms with van der Waals surface area (Å²) in [6, 6.07) is 14.5. The van der Waals surface area contributed by atoms with E-state index in [-0.39, 0.29) is 5.69 Å². The molecule has 2 aromatic rings. The molecule has 4 heteroatoms. The van der Waals surface area contributed by atoms with E-state index in [1.165, 1.54) is 6.07 Å². The average Bonchev–Trinajstić information content (AvgIpc) is 2.39. The number of hydrogen-bond donors (Lipinski definition) is 1. The molecule has 0 spiro atoms. The van der Waals surface area contributed by atoms with Gasteiger partial charge >= 0.3 is 0 Å². The van der Waals surface area contributed by atoms with Gasteiger partial charge in [0.2, 0.25) is 0 Å². The minimum atomic E-state index is -0.666. The number of non-ortho nitro benzene ring substituents is 1. The molecule has 0 heterocycles. The van der Waals surface area contributed by atoms with Crippen LogP contribution in [-0.4, -0.2) is 4.92 Å². The van der Waals surface area contributed by atoms with Crippen LogP contribution in [0.1, 0.15) is 23.6 Å². The lowest BCUT2D eigenvalue weighted by Crippen LogP contribution is -2.35. The van der Waals surface area contributed by atoms with Gasteiger partial charge in [0.25, 0.3) is 5.69 Å². The number of nitrogens with two attached hydrogens (primary N) is 1. The highest BCUT2D eigenvalue weighted by atomic mass is 16.6. The molecule has 4 nitrogen and oxygen atoms in total. The Labute approximate surface area is 112 Å². The zero-order chi connectivity index (χ0) is 14.0. The summed E-state index contributed by atoms with van der Waals surface area (Å²) in [6.07, 6.45) is 0. The van der Waals surface area contributed by atoms with E-state index in [1.807, 2.05) is 44.2 Å². The first-order chi connectivity index (χ1) is 8.93.